The summed E-state index contributed by atoms with van der Waals surface area (Å²) in [5.41, 5.74) is 1.21. The van der Waals surface area contributed by atoms with Gasteiger partial charge in [-0.1, -0.05) is 13.8 Å². The van der Waals surface area contributed by atoms with Crippen LogP contribution >= 0.6 is 0 Å². The standard InChI is InChI=1S/C25H34N2O6/c1-15(2)18-11-16-12-21(32-10-8-9-30-6)23(31-7)26-22(16)19-13-20(28)17(14-27(18)19)24(29)33-25(3,4)5/h12-15,18H,8-11H2,1-7H3/t18-/m0/s1. The summed E-state index contributed by atoms with van der Waals surface area (Å²) in [5, 5.41) is 0. The Morgan fingerprint density at radius 2 is 1.94 bits per heavy atom. The molecule has 2 aromatic rings. The molecule has 0 N–H and O–H groups in total. The molecule has 2 aromatic heterocycles. The molecule has 8 nitrogen and oxygen atoms in total. The van der Waals surface area contributed by atoms with E-state index in [0.717, 1.165) is 12.0 Å². The molecule has 0 aromatic carbocycles. The summed E-state index contributed by atoms with van der Waals surface area (Å²) >= 11 is 0. The average Bonchev–Trinajstić information content (AvgIpc) is 2.73. The van der Waals surface area contributed by atoms with Gasteiger partial charge in [0.05, 0.1) is 25.1 Å². The van der Waals surface area contributed by atoms with Crippen LogP contribution < -0.4 is 14.9 Å². The molecule has 0 saturated carbocycles. The summed E-state index contributed by atoms with van der Waals surface area (Å²) in [7, 11) is 3.19. The fourth-order valence-electron chi connectivity index (χ4n) is 3.91. The maximum Gasteiger partial charge on any atom is 0.344 e. The van der Waals surface area contributed by atoms with Crippen molar-refractivity contribution in [2.45, 2.75) is 59.1 Å². The van der Waals surface area contributed by atoms with Crippen molar-refractivity contribution < 1.29 is 23.7 Å². The number of hydrogen-bond acceptors (Lipinski definition) is 7. The second kappa shape index (κ2) is 9.95. The Labute approximate surface area is 194 Å². The second-order valence-corrected chi connectivity index (χ2v) is 9.56. The van der Waals surface area contributed by atoms with Crippen LogP contribution in [0.3, 0.4) is 0 Å². The minimum atomic E-state index is -0.692. The topological polar surface area (TPSA) is 88.9 Å². The van der Waals surface area contributed by atoms with E-state index in [-0.39, 0.29) is 17.5 Å². The van der Waals surface area contributed by atoms with Crippen LogP contribution in [0.25, 0.3) is 11.4 Å². The maximum atomic E-state index is 12.9. The van der Waals surface area contributed by atoms with E-state index < -0.39 is 17.0 Å². The summed E-state index contributed by atoms with van der Waals surface area (Å²) in [6.07, 6.45) is 3.04. The van der Waals surface area contributed by atoms with E-state index in [9.17, 15) is 9.59 Å². The Bertz CT molecular complexity index is 1070. The van der Waals surface area contributed by atoms with Crippen molar-refractivity contribution in [3.05, 3.63) is 39.7 Å². The first kappa shape index (κ1) is 24.8. The second-order valence-electron chi connectivity index (χ2n) is 9.56. The highest BCUT2D eigenvalue weighted by Gasteiger charge is 2.31. The zero-order valence-electron chi connectivity index (χ0n) is 20.6. The van der Waals surface area contributed by atoms with Gasteiger partial charge in [-0.3, -0.25) is 4.79 Å². The largest absolute Gasteiger partial charge is 0.488 e. The molecule has 0 radical (unpaired) electrons. The normalized spacial score (nSPS) is 15.1. The van der Waals surface area contributed by atoms with Crippen LogP contribution in [0.4, 0.5) is 0 Å². The van der Waals surface area contributed by atoms with E-state index >= 15 is 0 Å². The molecular formula is C25H34N2O6. The average molecular weight is 459 g/mol. The molecule has 3 rings (SSSR count). The molecule has 0 unspecified atom stereocenters. The Morgan fingerprint density at radius 3 is 2.55 bits per heavy atom. The van der Waals surface area contributed by atoms with Crippen LogP contribution in [0.15, 0.2) is 23.1 Å². The number of esters is 1. The van der Waals surface area contributed by atoms with Crippen molar-refractivity contribution in [1.82, 2.24) is 9.55 Å². The van der Waals surface area contributed by atoms with Crippen LogP contribution in [-0.2, 0) is 15.9 Å². The smallest absolute Gasteiger partial charge is 0.344 e. The van der Waals surface area contributed by atoms with Crippen LogP contribution in [-0.4, -0.2) is 48.6 Å². The number of methoxy groups -OCH3 is 2. The van der Waals surface area contributed by atoms with Gasteiger partial charge < -0.3 is 23.5 Å². The number of fused-ring (bicyclic) bond motifs is 3. The molecule has 0 bridgehead atoms. The van der Waals surface area contributed by atoms with Crippen LogP contribution in [0.5, 0.6) is 11.6 Å². The van der Waals surface area contributed by atoms with E-state index in [0.29, 0.717) is 42.7 Å². The molecule has 0 amide bonds. The van der Waals surface area contributed by atoms with Crippen LogP contribution in [0.2, 0.25) is 0 Å². The van der Waals surface area contributed by atoms with Gasteiger partial charge in [0, 0.05) is 38.4 Å². The van der Waals surface area contributed by atoms with E-state index in [4.69, 9.17) is 18.9 Å². The van der Waals surface area contributed by atoms with Crippen molar-refractivity contribution in [2.24, 2.45) is 5.92 Å². The fraction of sp³-hybridized carbons (Fsp3) is 0.560. The molecule has 0 fully saturated rings. The van der Waals surface area contributed by atoms with Crippen molar-refractivity contribution in [3.8, 4) is 23.0 Å². The molecule has 3 heterocycles. The minimum absolute atomic E-state index is 0.0211. The number of ether oxygens (including phenoxy) is 4. The lowest BCUT2D eigenvalue weighted by atomic mass is 9.89. The number of rotatable bonds is 8. The van der Waals surface area contributed by atoms with Crippen molar-refractivity contribution in [3.63, 3.8) is 0 Å². The number of carbonyl (C=O) groups excluding carboxylic acids is 1. The Morgan fingerprint density at radius 1 is 1.21 bits per heavy atom. The first-order chi connectivity index (χ1) is 15.6. The fourth-order valence-corrected chi connectivity index (χ4v) is 3.91. The lowest BCUT2D eigenvalue weighted by molar-refractivity contribution is 0.00668. The molecule has 33 heavy (non-hydrogen) atoms. The summed E-state index contributed by atoms with van der Waals surface area (Å²) in [5.74, 6) is 0.543. The third kappa shape index (κ3) is 5.55. The number of pyridine rings is 2. The highest BCUT2D eigenvalue weighted by atomic mass is 16.6. The van der Waals surface area contributed by atoms with Gasteiger partial charge in [-0.05, 0) is 44.7 Å². The third-order valence-corrected chi connectivity index (χ3v) is 5.47. The molecule has 0 spiro atoms. The SMILES string of the molecule is COCCCOc1cc2c(nc1OC)-c1cc(=O)c(C(=O)OC(C)(C)C)cn1[C@H](C(C)C)C2. The van der Waals surface area contributed by atoms with Gasteiger partial charge in [-0.15, -0.1) is 0 Å². The zero-order chi connectivity index (χ0) is 24.3. The van der Waals surface area contributed by atoms with E-state index in [1.807, 2.05) is 10.6 Å². The highest BCUT2D eigenvalue weighted by Crippen LogP contribution is 2.40. The number of aromatic nitrogens is 2. The van der Waals surface area contributed by atoms with E-state index in [1.54, 1.807) is 34.1 Å². The van der Waals surface area contributed by atoms with E-state index in [2.05, 4.69) is 18.8 Å². The molecule has 0 saturated heterocycles. The summed E-state index contributed by atoms with van der Waals surface area (Å²) in [6, 6.07) is 3.45. The first-order valence-corrected chi connectivity index (χ1v) is 11.2. The Balaban J connectivity index is 2.08. The van der Waals surface area contributed by atoms with E-state index in [1.165, 1.54) is 13.2 Å². The summed E-state index contributed by atoms with van der Waals surface area (Å²) in [4.78, 5) is 30.3. The van der Waals surface area contributed by atoms with Crippen molar-refractivity contribution >= 4 is 5.97 Å². The lowest BCUT2D eigenvalue weighted by Crippen LogP contribution is -2.31. The Hall–Kier alpha value is -2.87. The summed E-state index contributed by atoms with van der Waals surface area (Å²) in [6.45, 7) is 10.6. The first-order valence-electron chi connectivity index (χ1n) is 11.2. The van der Waals surface area contributed by atoms with Crippen LogP contribution in [0.1, 0.15) is 63.0 Å². The molecule has 180 valence electrons. The van der Waals surface area contributed by atoms with Gasteiger partial charge in [-0.25, -0.2) is 9.78 Å². The number of carbonyl (C=O) groups is 1. The monoisotopic (exact) mass is 458 g/mol. The predicted octanol–water partition coefficient (Wildman–Crippen LogP) is 4.04. The highest BCUT2D eigenvalue weighted by molar-refractivity contribution is 5.89. The minimum Gasteiger partial charge on any atom is -0.488 e. The quantitative estimate of drug-likeness (QED) is 0.436. The van der Waals surface area contributed by atoms with Gasteiger partial charge in [-0.2, -0.15) is 0 Å². The third-order valence-electron chi connectivity index (χ3n) is 5.47. The van der Waals surface area contributed by atoms with Crippen molar-refractivity contribution in [1.29, 1.82) is 0 Å². The number of hydrogen-bond donors (Lipinski definition) is 0. The van der Waals surface area contributed by atoms with Gasteiger partial charge in [0.25, 0.3) is 5.88 Å². The Kier molecular flexibility index (Phi) is 7.47. The predicted molar refractivity (Wildman–Crippen MR) is 125 cm³/mol. The van der Waals surface area contributed by atoms with Gasteiger partial charge in [0.1, 0.15) is 11.2 Å². The van der Waals surface area contributed by atoms with Gasteiger partial charge in [0.2, 0.25) is 0 Å². The molecule has 1 atom stereocenters. The lowest BCUT2D eigenvalue weighted by Gasteiger charge is -2.33. The van der Waals surface area contributed by atoms with Crippen molar-refractivity contribution in [2.75, 3.05) is 27.4 Å². The number of nitrogens with zero attached hydrogens (tertiary/aromatic N) is 2. The zero-order valence-corrected chi connectivity index (χ0v) is 20.6. The van der Waals surface area contributed by atoms with Crippen LogP contribution in [0, 0.1) is 5.92 Å². The molecular weight excluding hydrogens is 424 g/mol. The maximum absolute atomic E-state index is 12.9. The molecule has 1 aliphatic heterocycles. The molecule has 8 heteroatoms. The molecule has 0 aliphatic carbocycles. The van der Waals surface area contributed by atoms with Gasteiger partial charge >= 0.3 is 5.97 Å². The molecule has 1 aliphatic rings. The van der Waals surface area contributed by atoms with Gasteiger partial charge in [0.15, 0.2) is 11.2 Å². The summed E-state index contributed by atoms with van der Waals surface area (Å²) < 4.78 is 23.9.